The number of hydrogen-bond donors (Lipinski definition) is 0. The Balaban J connectivity index is 1.20. The summed E-state index contributed by atoms with van der Waals surface area (Å²) in [4.78, 5) is 2.38. The molecule has 1 aromatic heterocycles. The molecule has 1 heterocycles. The van der Waals surface area contributed by atoms with Crippen LogP contribution in [0.5, 0.6) is 0 Å². The summed E-state index contributed by atoms with van der Waals surface area (Å²) in [5.41, 5.74) is 16.4. The Morgan fingerprint density at radius 2 is 0.732 bits per heavy atom. The van der Waals surface area contributed by atoms with Gasteiger partial charge in [-0.05, 0) is 105 Å². The van der Waals surface area contributed by atoms with Crippen LogP contribution >= 0.6 is 0 Å². The highest BCUT2D eigenvalue weighted by molar-refractivity contribution is 6.17. The molecule has 0 spiro atoms. The molecule has 0 N–H and O–H groups in total. The molecular weight excluding hydrogens is 677 g/mol. The van der Waals surface area contributed by atoms with Crippen molar-refractivity contribution in [1.82, 2.24) is 4.57 Å². The van der Waals surface area contributed by atoms with E-state index < -0.39 is 0 Å². The number of benzene rings is 9. The maximum absolute atomic E-state index is 2.41. The number of rotatable bonds is 8. The predicted octanol–water partition coefficient (Wildman–Crippen LogP) is 14.9. The minimum Gasteiger partial charge on any atom is -0.310 e. The predicted molar refractivity (Wildman–Crippen MR) is 237 cm³/mol. The van der Waals surface area contributed by atoms with Crippen molar-refractivity contribution in [1.29, 1.82) is 0 Å². The van der Waals surface area contributed by atoms with Crippen LogP contribution < -0.4 is 4.90 Å². The summed E-state index contributed by atoms with van der Waals surface area (Å²) in [5.74, 6) is 0. The molecule has 0 fully saturated rings. The van der Waals surface area contributed by atoms with Gasteiger partial charge >= 0.3 is 0 Å². The Bertz CT molecular complexity index is 2830. The smallest absolute Gasteiger partial charge is 0.0547 e. The molecule has 9 aromatic carbocycles. The van der Waals surface area contributed by atoms with Crippen molar-refractivity contribution in [2.24, 2.45) is 0 Å². The van der Waals surface area contributed by atoms with E-state index in [1.54, 1.807) is 0 Å². The molecule has 0 aliphatic rings. The topological polar surface area (TPSA) is 8.17 Å². The van der Waals surface area contributed by atoms with Gasteiger partial charge in [-0.1, -0.05) is 170 Å². The molecule has 0 amide bonds. The van der Waals surface area contributed by atoms with Gasteiger partial charge in [-0.3, -0.25) is 0 Å². The Morgan fingerprint density at radius 3 is 1.30 bits per heavy atom. The van der Waals surface area contributed by atoms with E-state index in [1.165, 1.54) is 66.3 Å². The number of anilines is 3. The van der Waals surface area contributed by atoms with Crippen LogP contribution in [0, 0.1) is 0 Å². The highest BCUT2D eigenvalue weighted by Gasteiger charge is 2.21. The molecule has 0 bridgehead atoms. The second-order valence-corrected chi connectivity index (χ2v) is 14.1. The molecule has 0 atom stereocenters. The molecule has 10 rings (SSSR count). The third-order valence-electron chi connectivity index (χ3n) is 10.8. The van der Waals surface area contributed by atoms with Gasteiger partial charge in [0.1, 0.15) is 0 Å². The summed E-state index contributed by atoms with van der Waals surface area (Å²) in [6.45, 7) is 0. The fraction of sp³-hybridized carbons (Fsp3) is 0. The van der Waals surface area contributed by atoms with Gasteiger partial charge in [0.25, 0.3) is 0 Å². The van der Waals surface area contributed by atoms with E-state index in [9.17, 15) is 0 Å². The number of aromatic nitrogens is 1. The van der Waals surface area contributed by atoms with Gasteiger partial charge in [0, 0.05) is 33.5 Å². The minimum atomic E-state index is 1.09. The second-order valence-electron chi connectivity index (χ2n) is 14.1. The van der Waals surface area contributed by atoms with Crippen molar-refractivity contribution in [3.8, 4) is 50.2 Å². The van der Waals surface area contributed by atoms with Gasteiger partial charge < -0.3 is 9.47 Å². The van der Waals surface area contributed by atoms with Gasteiger partial charge in [-0.25, -0.2) is 0 Å². The maximum atomic E-state index is 2.41. The Kier molecular flexibility index (Phi) is 8.55. The number of para-hydroxylation sites is 1. The van der Waals surface area contributed by atoms with Crippen molar-refractivity contribution in [3.63, 3.8) is 0 Å². The van der Waals surface area contributed by atoms with Gasteiger partial charge in [0.05, 0.1) is 11.0 Å². The van der Waals surface area contributed by atoms with Crippen LogP contribution in [0.3, 0.4) is 0 Å². The lowest BCUT2D eigenvalue weighted by atomic mass is 9.92. The number of nitrogens with zero attached hydrogens (tertiary/aromatic N) is 2. The molecule has 0 aliphatic carbocycles. The Hall–Kier alpha value is -7.42. The monoisotopic (exact) mass is 714 g/mol. The molecule has 2 heteroatoms. The fourth-order valence-electron chi connectivity index (χ4n) is 8.18. The summed E-state index contributed by atoms with van der Waals surface area (Å²) < 4.78 is 2.41. The first kappa shape index (κ1) is 33.2. The van der Waals surface area contributed by atoms with Gasteiger partial charge in [0.2, 0.25) is 0 Å². The average Bonchev–Trinajstić information content (AvgIpc) is 3.62. The molecule has 0 unspecified atom stereocenters. The van der Waals surface area contributed by atoms with E-state index >= 15 is 0 Å². The lowest BCUT2D eigenvalue weighted by Gasteiger charge is -2.26. The Morgan fingerprint density at radius 1 is 0.286 bits per heavy atom. The highest BCUT2D eigenvalue weighted by Crippen LogP contribution is 2.45. The zero-order chi connectivity index (χ0) is 37.3. The van der Waals surface area contributed by atoms with Crippen molar-refractivity contribution < 1.29 is 0 Å². The van der Waals surface area contributed by atoms with Gasteiger partial charge in [-0.2, -0.15) is 0 Å². The van der Waals surface area contributed by atoms with Crippen LogP contribution in [-0.2, 0) is 0 Å². The quantitative estimate of drug-likeness (QED) is 0.152. The van der Waals surface area contributed by atoms with Crippen LogP contribution in [-0.4, -0.2) is 4.57 Å². The maximum Gasteiger partial charge on any atom is 0.0547 e. The molecule has 0 aliphatic heterocycles. The molecule has 0 radical (unpaired) electrons. The largest absolute Gasteiger partial charge is 0.310 e. The normalized spacial score (nSPS) is 11.2. The van der Waals surface area contributed by atoms with Crippen LogP contribution in [0.15, 0.2) is 231 Å². The first-order chi connectivity index (χ1) is 27.8. The van der Waals surface area contributed by atoms with Crippen molar-refractivity contribution in [3.05, 3.63) is 231 Å². The van der Waals surface area contributed by atoms with E-state index in [1.807, 2.05) is 0 Å². The fourth-order valence-corrected chi connectivity index (χ4v) is 8.18. The molecule has 264 valence electrons. The average molecular weight is 715 g/mol. The van der Waals surface area contributed by atoms with E-state index in [0.29, 0.717) is 0 Å². The SMILES string of the molecule is c1ccc(-c2ccc(N(c3ccc(-c4ccccc4)cc3)c3ccc4c(c3)c3c(-c5ccccc5-c5ccccc5)cccc3n4-c3ccccc3)cc2)cc1. The number of fused-ring (bicyclic) bond motifs is 3. The Labute approximate surface area is 327 Å². The molecule has 0 saturated carbocycles. The first-order valence-corrected chi connectivity index (χ1v) is 19.2. The zero-order valence-corrected chi connectivity index (χ0v) is 30.8. The molecule has 10 aromatic rings. The van der Waals surface area contributed by atoms with Gasteiger partial charge in [0.15, 0.2) is 0 Å². The van der Waals surface area contributed by atoms with Crippen LogP contribution in [0.4, 0.5) is 17.1 Å². The summed E-state index contributed by atoms with van der Waals surface area (Å²) in [7, 11) is 0. The van der Waals surface area contributed by atoms with E-state index in [0.717, 1.165) is 22.7 Å². The minimum absolute atomic E-state index is 1.09. The van der Waals surface area contributed by atoms with Crippen molar-refractivity contribution >= 4 is 38.9 Å². The van der Waals surface area contributed by atoms with Gasteiger partial charge in [-0.15, -0.1) is 0 Å². The summed E-state index contributed by atoms with van der Waals surface area (Å²) in [6, 6.07) is 83.0. The highest BCUT2D eigenvalue weighted by atomic mass is 15.1. The standard InChI is InChI=1S/C54H38N2/c1-5-16-39(17-6-1)41-28-32-45(33-29-41)55(46-34-30-42(31-35-46)40-18-7-2-8-19-40)47-36-37-52-51(38-47)54-50(26-15-27-53(54)56(52)44-22-11-4-12-23-44)49-25-14-13-24-48(49)43-20-9-3-10-21-43/h1-38H. The summed E-state index contributed by atoms with van der Waals surface area (Å²) >= 11 is 0. The van der Waals surface area contributed by atoms with Crippen molar-refractivity contribution in [2.75, 3.05) is 4.90 Å². The van der Waals surface area contributed by atoms with E-state index in [4.69, 9.17) is 0 Å². The van der Waals surface area contributed by atoms with E-state index in [2.05, 4.69) is 240 Å². The molecule has 2 nitrogen and oxygen atoms in total. The lowest BCUT2D eigenvalue weighted by Crippen LogP contribution is -2.10. The van der Waals surface area contributed by atoms with E-state index in [-0.39, 0.29) is 0 Å². The second kappa shape index (κ2) is 14.4. The zero-order valence-electron chi connectivity index (χ0n) is 30.8. The molecule has 56 heavy (non-hydrogen) atoms. The lowest BCUT2D eigenvalue weighted by molar-refractivity contribution is 1.18. The summed E-state index contributed by atoms with van der Waals surface area (Å²) in [5, 5.41) is 2.43. The van der Waals surface area contributed by atoms with Crippen LogP contribution in [0.25, 0.3) is 72.0 Å². The number of hydrogen-bond acceptors (Lipinski definition) is 1. The third kappa shape index (κ3) is 6.04. The first-order valence-electron chi connectivity index (χ1n) is 19.2. The molecule has 0 saturated heterocycles. The molecular formula is C54H38N2. The van der Waals surface area contributed by atoms with Crippen LogP contribution in [0.1, 0.15) is 0 Å². The van der Waals surface area contributed by atoms with Crippen molar-refractivity contribution in [2.45, 2.75) is 0 Å². The van der Waals surface area contributed by atoms with Crippen LogP contribution in [0.2, 0.25) is 0 Å². The summed E-state index contributed by atoms with van der Waals surface area (Å²) in [6.07, 6.45) is 0. The third-order valence-corrected chi connectivity index (χ3v) is 10.8.